The first-order valence-corrected chi connectivity index (χ1v) is 8.34. The lowest BCUT2D eigenvalue weighted by Gasteiger charge is -2.10. The maximum absolute atomic E-state index is 12.0. The van der Waals surface area contributed by atoms with Crippen LogP contribution in [0, 0.1) is 0 Å². The normalized spacial score (nSPS) is 10.0. The van der Waals surface area contributed by atoms with E-state index in [4.69, 9.17) is 9.47 Å². The number of halogens is 1. The molecule has 0 aliphatic rings. The third kappa shape index (κ3) is 5.49. The van der Waals surface area contributed by atoms with Gasteiger partial charge in [-0.2, -0.15) is 0 Å². The summed E-state index contributed by atoms with van der Waals surface area (Å²) in [6.45, 7) is -0.104. The second-order valence-corrected chi connectivity index (χ2v) is 6.03. The summed E-state index contributed by atoms with van der Waals surface area (Å²) in [7, 11) is 3.09. The molecule has 0 heterocycles. The van der Waals surface area contributed by atoms with Gasteiger partial charge < -0.3 is 20.1 Å². The summed E-state index contributed by atoms with van der Waals surface area (Å²) in [5.74, 6) is 0.598. The molecule has 7 heteroatoms. The van der Waals surface area contributed by atoms with E-state index in [0.29, 0.717) is 17.2 Å². The van der Waals surface area contributed by atoms with E-state index in [-0.39, 0.29) is 24.8 Å². The van der Waals surface area contributed by atoms with Gasteiger partial charge in [-0.25, -0.2) is 0 Å². The number of amides is 2. The number of hydrogen-bond donors (Lipinski definition) is 2. The lowest BCUT2D eigenvalue weighted by atomic mass is 10.1. The number of nitrogens with one attached hydrogen (secondary N) is 2. The van der Waals surface area contributed by atoms with Gasteiger partial charge in [-0.05, 0) is 45.8 Å². The first-order chi connectivity index (χ1) is 12.0. The first-order valence-electron chi connectivity index (χ1n) is 7.55. The van der Waals surface area contributed by atoms with Gasteiger partial charge in [0.15, 0.2) is 11.5 Å². The maximum Gasteiger partial charge on any atom is 0.243 e. The number of anilines is 1. The summed E-state index contributed by atoms with van der Waals surface area (Å²) in [6, 6.07) is 12.5. The number of rotatable bonds is 7. The summed E-state index contributed by atoms with van der Waals surface area (Å²) >= 11 is 3.35. The highest BCUT2D eigenvalue weighted by Gasteiger charge is 2.10. The molecule has 2 amide bonds. The van der Waals surface area contributed by atoms with Crippen LogP contribution in [0.2, 0.25) is 0 Å². The molecule has 2 N–H and O–H groups in total. The van der Waals surface area contributed by atoms with Gasteiger partial charge in [0.1, 0.15) is 0 Å². The Kier molecular flexibility index (Phi) is 6.82. The van der Waals surface area contributed by atoms with Gasteiger partial charge in [0.2, 0.25) is 11.8 Å². The Morgan fingerprint density at radius 1 is 1.00 bits per heavy atom. The summed E-state index contributed by atoms with van der Waals surface area (Å²) in [5, 5.41) is 5.32. The molecule has 0 spiro atoms. The minimum absolute atomic E-state index is 0.104. The van der Waals surface area contributed by atoms with Crippen molar-refractivity contribution < 1.29 is 19.1 Å². The molecular formula is C18H19BrN2O4. The molecule has 0 fully saturated rings. The van der Waals surface area contributed by atoms with Crippen LogP contribution in [0.15, 0.2) is 46.9 Å². The fourth-order valence-corrected chi connectivity index (χ4v) is 2.56. The van der Waals surface area contributed by atoms with Crippen LogP contribution in [-0.2, 0) is 16.0 Å². The van der Waals surface area contributed by atoms with E-state index in [1.165, 1.54) is 7.11 Å². The molecule has 0 unspecified atom stereocenters. The summed E-state index contributed by atoms with van der Waals surface area (Å²) in [4.78, 5) is 23.9. The van der Waals surface area contributed by atoms with Crippen molar-refractivity contribution in [3.63, 3.8) is 0 Å². The zero-order chi connectivity index (χ0) is 18.2. The highest BCUT2D eigenvalue weighted by Crippen LogP contribution is 2.27. The van der Waals surface area contributed by atoms with Crippen LogP contribution in [0.4, 0.5) is 5.69 Å². The number of methoxy groups -OCH3 is 2. The van der Waals surface area contributed by atoms with Gasteiger partial charge >= 0.3 is 0 Å². The molecule has 6 nitrogen and oxygen atoms in total. The smallest absolute Gasteiger partial charge is 0.243 e. The van der Waals surface area contributed by atoms with Crippen molar-refractivity contribution in [3.05, 3.63) is 52.5 Å². The van der Waals surface area contributed by atoms with Crippen LogP contribution < -0.4 is 20.1 Å². The van der Waals surface area contributed by atoms with Gasteiger partial charge in [-0.1, -0.05) is 18.2 Å². The SMILES string of the molecule is COc1ccc(CC(=O)NCC(=O)Nc2ccccc2Br)cc1OC. The van der Waals surface area contributed by atoms with E-state index in [1.54, 1.807) is 31.4 Å². The Morgan fingerprint density at radius 2 is 1.72 bits per heavy atom. The molecule has 0 saturated heterocycles. The van der Waals surface area contributed by atoms with Crippen LogP contribution in [0.1, 0.15) is 5.56 Å². The van der Waals surface area contributed by atoms with E-state index in [9.17, 15) is 9.59 Å². The van der Waals surface area contributed by atoms with E-state index in [2.05, 4.69) is 26.6 Å². The van der Waals surface area contributed by atoms with Gasteiger partial charge in [0.25, 0.3) is 0 Å². The summed E-state index contributed by atoms with van der Waals surface area (Å²) < 4.78 is 11.1. The molecule has 0 radical (unpaired) electrons. The minimum atomic E-state index is -0.299. The van der Waals surface area contributed by atoms with Crippen LogP contribution in [-0.4, -0.2) is 32.6 Å². The third-order valence-corrected chi connectivity index (χ3v) is 4.10. The average Bonchev–Trinajstić information content (AvgIpc) is 2.62. The van der Waals surface area contributed by atoms with Crippen molar-refractivity contribution in [2.45, 2.75) is 6.42 Å². The fraction of sp³-hybridized carbons (Fsp3) is 0.222. The number of carbonyl (C=O) groups is 2. The van der Waals surface area contributed by atoms with Crippen LogP contribution in [0.25, 0.3) is 0 Å². The Balaban J connectivity index is 1.86. The van der Waals surface area contributed by atoms with Crippen LogP contribution in [0.3, 0.4) is 0 Å². The van der Waals surface area contributed by atoms with E-state index in [1.807, 2.05) is 18.2 Å². The third-order valence-electron chi connectivity index (χ3n) is 3.41. The predicted octanol–water partition coefficient (Wildman–Crippen LogP) is 2.76. The average molecular weight is 407 g/mol. The molecule has 0 aliphatic heterocycles. The van der Waals surface area contributed by atoms with E-state index < -0.39 is 0 Å². The number of benzene rings is 2. The van der Waals surface area contributed by atoms with E-state index in [0.717, 1.165) is 10.0 Å². The van der Waals surface area contributed by atoms with Crippen molar-refractivity contribution >= 4 is 33.4 Å². The molecule has 2 aromatic rings. The maximum atomic E-state index is 12.0. The largest absolute Gasteiger partial charge is 0.493 e. The van der Waals surface area contributed by atoms with Gasteiger partial charge in [-0.15, -0.1) is 0 Å². The molecule has 2 rings (SSSR count). The molecule has 132 valence electrons. The van der Waals surface area contributed by atoms with Gasteiger partial charge in [0.05, 0.1) is 32.9 Å². The zero-order valence-corrected chi connectivity index (χ0v) is 15.6. The molecule has 25 heavy (non-hydrogen) atoms. The quantitative estimate of drug-likeness (QED) is 0.740. The molecule has 0 saturated carbocycles. The van der Waals surface area contributed by atoms with Crippen molar-refractivity contribution in [3.8, 4) is 11.5 Å². The zero-order valence-electron chi connectivity index (χ0n) is 14.0. The first kappa shape index (κ1) is 18.8. The standard InChI is InChI=1S/C18H19BrN2O4/c1-24-15-8-7-12(9-16(15)25-2)10-17(22)20-11-18(23)21-14-6-4-3-5-13(14)19/h3-9H,10-11H2,1-2H3,(H,20,22)(H,21,23). The second-order valence-electron chi connectivity index (χ2n) is 5.17. The Bertz CT molecular complexity index is 764. The lowest BCUT2D eigenvalue weighted by Crippen LogP contribution is -2.33. The van der Waals surface area contributed by atoms with Crippen molar-refractivity contribution in [2.75, 3.05) is 26.1 Å². The highest BCUT2D eigenvalue weighted by atomic mass is 79.9. The van der Waals surface area contributed by atoms with Gasteiger partial charge in [-0.3, -0.25) is 9.59 Å². The summed E-state index contributed by atoms with van der Waals surface area (Å²) in [6.07, 6.45) is 0.142. The molecular weight excluding hydrogens is 388 g/mol. The second kappa shape index (κ2) is 9.08. The lowest BCUT2D eigenvalue weighted by molar-refractivity contribution is -0.123. The molecule has 2 aromatic carbocycles. The Labute approximate surface area is 154 Å². The molecule has 0 atom stereocenters. The number of carbonyl (C=O) groups excluding carboxylic acids is 2. The number of hydrogen-bond acceptors (Lipinski definition) is 4. The van der Waals surface area contributed by atoms with E-state index >= 15 is 0 Å². The van der Waals surface area contributed by atoms with Crippen LogP contribution >= 0.6 is 15.9 Å². The molecule has 0 aromatic heterocycles. The summed E-state index contributed by atoms with van der Waals surface area (Å²) in [5.41, 5.74) is 1.42. The molecule has 0 bridgehead atoms. The monoisotopic (exact) mass is 406 g/mol. The van der Waals surface area contributed by atoms with Gasteiger partial charge in [0, 0.05) is 4.47 Å². The molecule has 0 aliphatic carbocycles. The minimum Gasteiger partial charge on any atom is -0.493 e. The highest BCUT2D eigenvalue weighted by molar-refractivity contribution is 9.10. The topological polar surface area (TPSA) is 76.7 Å². The Morgan fingerprint density at radius 3 is 2.40 bits per heavy atom. The van der Waals surface area contributed by atoms with Crippen molar-refractivity contribution in [1.82, 2.24) is 5.32 Å². The van der Waals surface area contributed by atoms with Crippen molar-refractivity contribution in [1.29, 1.82) is 0 Å². The van der Waals surface area contributed by atoms with Crippen LogP contribution in [0.5, 0.6) is 11.5 Å². The number of ether oxygens (including phenoxy) is 2. The van der Waals surface area contributed by atoms with Crippen molar-refractivity contribution in [2.24, 2.45) is 0 Å². The predicted molar refractivity (Wildman–Crippen MR) is 99.0 cm³/mol. The fourth-order valence-electron chi connectivity index (χ4n) is 2.17. The number of para-hydroxylation sites is 1. The Hall–Kier alpha value is -2.54.